The zero-order valence-electron chi connectivity index (χ0n) is 10.5. The molecule has 0 aromatic heterocycles. The largest absolute Gasteiger partial charge is 0.327 e. The van der Waals surface area contributed by atoms with Crippen LogP contribution in [-0.4, -0.2) is 41.6 Å². The van der Waals surface area contributed by atoms with Crippen molar-refractivity contribution in [2.75, 3.05) is 25.9 Å². The van der Waals surface area contributed by atoms with Gasteiger partial charge in [0.05, 0.1) is 0 Å². The van der Waals surface area contributed by atoms with E-state index in [4.69, 9.17) is 5.73 Å². The molecule has 15 heavy (non-hydrogen) atoms. The summed E-state index contributed by atoms with van der Waals surface area (Å²) in [4.78, 5) is 2.57. The van der Waals surface area contributed by atoms with Gasteiger partial charge in [0.25, 0.3) is 0 Å². The highest BCUT2D eigenvalue weighted by Crippen LogP contribution is 2.32. The average molecular weight is 230 g/mol. The number of hydrogen-bond acceptors (Lipinski definition) is 3. The molecule has 0 amide bonds. The highest BCUT2D eigenvalue weighted by Gasteiger charge is 2.29. The first-order valence-electron chi connectivity index (χ1n) is 6.19. The molecule has 1 atom stereocenters. The quantitative estimate of drug-likeness (QED) is 0.786. The maximum atomic E-state index is 6.02. The van der Waals surface area contributed by atoms with Crippen LogP contribution in [0.2, 0.25) is 0 Å². The Labute approximate surface area is 99.0 Å². The number of likely N-dealkylation sites (tertiary alicyclic amines) is 1. The van der Waals surface area contributed by atoms with E-state index in [2.05, 4.69) is 25.0 Å². The summed E-state index contributed by atoms with van der Waals surface area (Å²) in [6, 6.07) is 0.409. The zero-order chi connectivity index (χ0) is 11.3. The number of hydrogen-bond donors (Lipinski definition) is 1. The van der Waals surface area contributed by atoms with Crippen molar-refractivity contribution in [1.82, 2.24) is 4.90 Å². The third kappa shape index (κ3) is 3.65. The van der Waals surface area contributed by atoms with Gasteiger partial charge in [-0.25, -0.2) is 0 Å². The number of thioether (sulfide) groups is 1. The third-order valence-electron chi connectivity index (χ3n) is 3.78. The lowest BCUT2D eigenvalue weighted by atomic mass is 9.99. The number of rotatable bonds is 5. The van der Waals surface area contributed by atoms with E-state index in [0.717, 1.165) is 6.54 Å². The number of nitrogens with zero attached hydrogens (tertiary/aromatic N) is 1. The average Bonchev–Trinajstić information content (AvgIpc) is 2.26. The monoisotopic (exact) mass is 230 g/mol. The predicted molar refractivity (Wildman–Crippen MR) is 70.5 cm³/mol. The standard InChI is InChI=1S/C12H26N2S/c1-4-12(5-2,15-3)10-14-8-6-7-11(13)9-14/h11H,4-10,13H2,1-3H3. The van der Waals surface area contributed by atoms with Crippen LogP contribution in [0.25, 0.3) is 0 Å². The molecule has 2 N–H and O–H groups in total. The van der Waals surface area contributed by atoms with E-state index in [9.17, 15) is 0 Å². The molecule has 0 radical (unpaired) electrons. The van der Waals surface area contributed by atoms with E-state index >= 15 is 0 Å². The summed E-state index contributed by atoms with van der Waals surface area (Å²) in [5.41, 5.74) is 6.02. The SMILES string of the molecule is CCC(CC)(CN1CCCC(N)C1)SC. The minimum atomic E-state index is 0.409. The highest BCUT2D eigenvalue weighted by molar-refractivity contribution is 8.00. The molecular weight excluding hydrogens is 204 g/mol. The van der Waals surface area contributed by atoms with Crippen LogP contribution in [0.5, 0.6) is 0 Å². The van der Waals surface area contributed by atoms with Gasteiger partial charge in [-0.1, -0.05) is 13.8 Å². The molecule has 0 spiro atoms. The minimum absolute atomic E-state index is 0.409. The summed E-state index contributed by atoms with van der Waals surface area (Å²) in [7, 11) is 0. The second kappa shape index (κ2) is 6.12. The van der Waals surface area contributed by atoms with Crippen molar-refractivity contribution in [3.8, 4) is 0 Å². The first-order chi connectivity index (χ1) is 7.15. The molecule has 90 valence electrons. The number of nitrogens with two attached hydrogens (primary N) is 1. The van der Waals surface area contributed by atoms with Crippen molar-refractivity contribution in [2.24, 2.45) is 5.73 Å². The molecule has 1 aliphatic rings. The molecule has 1 aliphatic heterocycles. The summed E-state index contributed by atoms with van der Waals surface area (Å²) in [5, 5.41) is 0. The Bertz CT molecular complexity index is 172. The van der Waals surface area contributed by atoms with Crippen LogP contribution in [0.4, 0.5) is 0 Å². The van der Waals surface area contributed by atoms with Gasteiger partial charge in [-0.3, -0.25) is 0 Å². The summed E-state index contributed by atoms with van der Waals surface area (Å²) in [5.74, 6) is 0. The van der Waals surface area contributed by atoms with Crippen LogP contribution >= 0.6 is 11.8 Å². The van der Waals surface area contributed by atoms with E-state index in [0.29, 0.717) is 10.8 Å². The molecule has 1 saturated heterocycles. The second-order valence-electron chi connectivity index (χ2n) is 4.73. The highest BCUT2D eigenvalue weighted by atomic mass is 32.2. The zero-order valence-corrected chi connectivity index (χ0v) is 11.3. The van der Waals surface area contributed by atoms with Crippen LogP contribution in [0.3, 0.4) is 0 Å². The predicted octanol–water partition coefficient (Wildman–Crippen LogP) is 2.33. The Balaban J connectivity index is 2.49. The molecule has 2 nitrogen and oxygen atoms in total. The molecule has 1 fully saturated rings. The molecule has 0 aromatic carbocycles. The van der Waals surface area contributed by atoms with Crippen molar-refractivity contribution in [1.29, 1.82) is 0 Å². The van der Waals surface area contributed by atoms with Crippen molar-refractivity contribution in [2.45, 2.75) is 50.3 Å². The van der Waals surface area contributed by atoms with Gasteiger partial charge in [-0.2, -0.15) is 11.8 Å². The van der Waals surface area contributed by atoms with Crippen molar-refractivity contribution in [3.63, 3.8) is 0 Å². The fourth-order valence-electron chi connectivity index (χ4n) is 2.47. The van der Waals surface area contributed by atoms with Gasteiger partial charge in [-0.15, -0.1) is 0 Å². The molecule has 3 heteroatoms. The van der Waals surface area contributed by atoms with Crippen LogP contribution in [-0.2, 0) is 0 Å². The lowest BCUT2D eigenvalue weighted by molar-refractivity contribution is 0.186. The third-order valence-corrected chi connectivity index (χ3v) is 5.35. The molecule has 0 aromatic rings. The first-order valence-corrected chi connectivity index (χ1v) is 7.41. The summed E-state index contributed by atoms with van der Waals surface area (Å²) in [6.45, 7) is 8.18. The maximum Gasteiger partial charge on any atom is 0.0279 e. The Kier molecular flexibility index (Phi) is 5.44. The van der Waals surface area contributed by atoms with E-state index in [1.807, 2.05) is 11.8 Å². The van der Waals surface area contributed by atoms with Crippen LogP contribution in [0.1, 0.15) is 39.5 Å². The van der Waals surface area contributed by atoms with E-state index in [-0.39, 0.29) is 0 Å². The molecule has 1 rings (SSSR count). The summed E-state index contributed by atoms with van der Waals surface area (Å²) < 4.78 is 0.455. The summed E-state index contributed by atoms with van der Waals surface area (Å²) >= 11 is 2.03. The van der Waals surface area contributed by atoms with Crippen molar-refractivity contribution in [3.05, 3.63) is 0 Å². The molecule has 1 unspecified atom stereocenters. The van der Waals surface area contributed by atoms with Gasteiger partial charge < -0.3 is 10.6 Å². The van der Waals surface area contributed by atoms with Crippen molar-refractivity contribution < 1.29 is 0 Å². The lowest BCUT2D eigenvalue weighted by Gasteiger charge is -2.39. The Morgan fingerprint density at radius 1 is 1.40 bits per heavy atom. The van der Waals surface area contributed by atoms with Crippen molar-refractivity contribution >= 4 is 11.8 Å². The van der Waals surface area contributed by atoms with Crippen LogP contribution < -0.4 is 5.73 Å². The van der Waals surface area contributed by atoms with Gasteiger partial charge in [0.1, 0.15) is 0 Å². The fraction of sp³-hybridized carbons (Fsp3) is 1.00. The Morgan fingerprint density at radius 3 is 2.53 bits per heavy atom. The minimum Gasteiger partial charge on any atom is -0.327 e. The molecule has 0 aliphatic carbocycles. The Morgan fingerprint density at radius 2 is 2.07 bits per heavy atom. The Hall–Kier alpha value is 0.270. The molecule has 1 heterocycles. The molecule has 0 saturated carbocycles. The first kappa shape index (κ1) is 13.3. The van der Waals surface area contributed by atoms with E-state index < -0.39 is 0 Å². The van der Waals surface area contributed by atoms with Crippen LogP contribution in [0.15, 0.2) is 0 Å². The van der Waals surface area contributed by atoms with E-state index in [1.165, 1.54) is 38.8 Å². The smallest absolute Gasteiger partial charge is 0.0279 e. The maximum absolute atomic E-state index is 6.02. The van der Waals surface area contributed by atoms with Gasteiger partial charge in [0, 0.05) is 23.9 Å². The lowest BCUT2D eigenvalue weighted by Crippen LogP contribution is -2.48. The van der Waals surface area contributed by atoms with Gasteiger partial charge in [0.15, 0.2) is 0 Å². The molecule has 0 bridgehead atoms. The fourth-order valence-corrected chi connectivity index (χ4v) is 3.36. The summed E-state index contributed by atoms with van der Waals surface area (Å²) in [6.07, 6.45) is 7.25. The second-order valence-corrected chi connectivity index (χ2v) is 6.01. The van der Waals surface area contributed by atoms with Gasteiger partial charge >= 0.3 is 0 Å². The normalized spacial score (nSPS) is 24.4. The topological polar surface area (TPSA) is 29.3 Å². The van der Waals surface area contributed by atoms with Gasteiger partial charge in [0.2, 0.25) is 0 Å². The number of piperidine rings is 1. The molecular formula is C12H26N2S. The van der Waals surface area contributed by atoms with Gasteiger partial charge in [-0.05, 0) is 38.5 Å². The van der Waals surface area contributed by atoms with Crippen LogP contribution in [0, 0.1) is 0 Å². The van der Waals surface area contributed by atoms with E-state index in [1.54, 1.807) is 0 Å².